The number of rotatable bonds is 10. The summed E-state index contributed by atoms with van der Waals surface area (Å²) in [5.41, 5.74) is 1.30. The van der Waals surface area contributed by atoms with Gasteiger partial charge in [0.15, 0.2) is 6.10 Å². The molecule has 2 aromatic rings. The Hall–Kier alpha value is -2.14. The summed E-state index contributed by atoms with van der Waals surface area (Å²) >= 11 is 1.81. The number of methoxy groups -OCH3 is 1. The van der Waals surface area contributed by atoms with Crippen LogP contribution in [0.3, 0.4) is 0 Å². The van der Waals surface area contributed by atoms with E-state index >= 15 is 0 Å². The number of nitrogens with one attached hydrogen (secondary N) is 1. The third-order valence-electron chi connectivity index (χ3n) is 3.66. The predicted molar refractivity (Wildman–Crippen MR) is 103 cm³/mol. The lowest BCUT2D eigenvalue weighted by Crippen LogP contribution is -2.39. The molecular weight excluding hydrogens is 334 g/mol. The summed E-state index contributed by atoms with van der Waals surface area (Å²) in [7, 11) is 1.62. The summed E-state index contributed by atoms with van der Waals surface area (Å²) in [6, 6.07) is 17.6. The van der Waals surface area contributed by atoms with Crippen molar-refractivity contribution in [3.05, 3.63) is 60.2 Å². The fraction of sp³-hybridized carbons (Fsp3) is 0.350. The van der Waals surface area contributed by atoms with Gasteiger partial charge in [0.1, 0.15) is 11.5 Å². The minimum atomic E-state index is -0.479. The lowest BCUT2D eigenvalue weighted by atomic mass is 10.2. The average molecular weight is 359 g/mol. The molecule has 1 atom stereocenters. The van der Waals surface area contributed by atoms with Crippen LogP contribution >= 0.6 is 11.8 Å². The first-order chi connectivity index (χ1) is 12.2. The van der Waals surface area contributed by atoms with Gasteiger partial charge < -0.3 is 14.8 Å². The Balaban J connectivity index is 1.70. The topological polar surface area (TPSA) is 47.6 Å². The summed E-state index contributed by atoms with van der Waals surface area (Å²) < 4.78 is 10.9. The van der Waals surface area contributed by atoms with E-state index in [0.29, 0.717) is 18.7 Å². The average Bonchev–Trinajstić information content (AvgIpc) is 2.67. The molecule has 1 amide bonds. The normalized spacial score (nSPS) is 11.6. The lowest BCUT2D eigenvalue weighted by Gasteiger charge is -2.17. The van der Waals surface area contributed by atoms with E-state index in [1.165, 1.54) is 5.56 Å². The molecule has 0 saturated heterocycles. The lowest BCUT2D eigenvalue weighted by molar-refractivity contribution is -0.127. The van der Waals surface area contributed by atoms with E-state index < -0.39 is 6.10 Å². The molecule has 0 heterocycles. The molecule has 2 aromatic carbocycles. The quantitative estimate of drug-likeness (QED) is 0.654. The number of benzene rings is 2. The van der Waals surface area contributed by atoms with Gasteiger partial charge in [0.25, 0.3) is 5.91 Å². The zero-order valence-electron chi connectivity index (χ0n) is 14.7. The van der Waals surface area contributed by atoms with Crippen molar-refractivity contribution in [3.63, 3.8) is 0 Å². The number of carbonyl (C=O) groups is 1. The molecular formula is C20H25NO3S. The predicted octanol–water partition coefficient (Wildman–Crippen LogP) is 3.90. The minimum Gasteiger partial charge on any atom is -0.497 e. The highest BCUT2D eigenvalue weighted by atomic mass is 32.2. The van der Waals surface area contributed by atoms with Crippen LogP contribution in [0.1, 0.15) is 18.9 Å². The van der Waals surface area contributed by atoms with Gasteiger partial charge in [0.05, 0.1) is 7.11 Å². The maximum Gasteiger partial charge on any atom is 0.261 e. The first-order valence-electron chi connectivity index (χ1n) is 8.43. The first kappa shape index (κ1) is 19.2. The molecule has 134 valence electrons. The Morgan fingerprint density at radius 2 is 1.76 bits per heavy atom. The Bertz CT molecular complexity index is 631. The zero-order valence-corrected chi connectivity index (χ0v) is 15.6. The number of thioether (sulfide) groups is 1. The Morgan fingerprint density at radius 1 is 1.08 bits per heavy atom. The van der Waals surface area contributed by atoms with E-state index in [-0.39, 0.29) is 5.91 Å². The van der Waals surface area contributed by atoms with Gasteiger partial charge in [-0.05, 0) is 36.2 Å². The van der Waals surface area contributed by atoms with Crippen LogP contribution in [0.5, 0.6) is 11.5 Å². The van der Waals surface area contributed by atoms with Gasteiger partial charge in [0.2, 0.25) is 0 Å². The monoisotopic (exact) mass is 359 g/mol. The Morgan fingerprint density at radius 3 is 2.40 bits per heavy atom. The molecule has 0 aliphatic carbocycles. The van der Waals surface area contributed by atoms with Gasteiger partial charge in [-0.2, -0.15) is 11.8 Å². The highest BCUT2D eigenvalue weighted by Gasteiger charge is 2.17. The standard InChI is InChI=1S/C20H25NO3S/c1-3-19(24-18-11-9-17(23-2)10-12-18)20(22)21-13-14-25-15-16-7-5-4-6-8-16/h4-12,19H,3,13-15H2,1-2H3,(H,21,22). The summed E-state index contributed by atoms with van der Waals surface area (Å²) in [5.74, 6) is 3.19. The molecule has 25 heavy (non-hydrogen) atoms. The maximum absolute atomic E-state index is 12.3. The second kappa shape index (κ2) is 10.7. The second-order valence-corrected chi connectivity index (χ2v) is 6.62. The molecule has 2 rings (SSSR count). The van der Waals surface area contributed by atoms with E-state index in [9.17, 15) is 4.79 Å². The summed E-state index contributed by atoms with van der Waals surface area (Å²) in [5, 5.41) is 2.95. The summed E-state index contributed by atoms with van der Waals surface area (Å²) in [6.45, 7) is 2.58. The molecule has 0 radical (unpaired) electrons. The first-order valence-corrected chi connectivity index (χ1v) is 9.58. The van der Waals surface area contributed by atoms with Gasteiger partial charge in [-0.25, -0.2) is 0 Å². The fourth-order valence-electron chi connectivity index (χ4n) is 2.27. The van der Waals surface area contributed by atoms with Crippen molar-refractivity contribution >= 4 is 17.7 Å². The van der Waals surface area contributed by atoms with E-state index in [1.807, 2.05) is 49.4 Å². The van der Waals surface area contributed by atoms with Crippen LogP contribution in [-0.2, 0) is 10.5 Å². The van der Waals surface area contributed by atoms with Crippen molar-refractivity contribution in [2.24, 2.45) is 0 Å². The Kier molecular flexibility index (Phi) is 8.19. The number of amides is 1. The number of hydrogen-bond acceptors (Lipinski definition) is 4. The number of ether oxygens (including phenoxy) is 2. The second-order valence-electron chi connectivity index (χ2n) is 5.52. The van der Waals surface area contributed by atoms with Gasteiger partial charge in [0, 0.05) is 18.1 Å². The molecule has 1 unspecified atom stereocenters. The molecule has 5 heteroatoms. The SMILES string of the molecule is CCC(Oc1ccc(OC)cc1)C(=O)NCCSCc1ccccc1. The Labute approximate surface area is 153 Å². The van der Waals surface area contributed by atoms with Crippen molar-refractivity contribution in [1.29, 1.82) is 0 Å². The molecule has 0 aliphatic rings. The molecule has 0 spiro atoms. The third-order valence-corrected chi connectivity index (χ3v) is 4.69. The fourth-order valence-corrected chi connectivity index (χ4v) is 3.08. The minimum absolute atomic E-state index is 0.0707. The number of carbonyl (C=O) groups excluding carboxylic acids is 1. The van der Waals surface area contributed by atoms with Crippen LogP contribution in [0, 0.1) is 0 Å². The maximum atomic E-state index is 12.3. The molecule has 1 N–H and O–H groups in total. The summed E-state index contributed by atoms with van der Waals surface area (Å²) in [6.07, 6.45) is 0.141. The van der Waals surface area contributed by atoms with Gasteiger partial charge in [-0.1, -0.05) is 37.3 Å². The van der Waals surface area contributed by atoms with E-state index in [4.69, 9.17) is 9.47 Å². The molecule has 0 saturated carbocycles. The van der Waals surface area contributed by atoms with Crippen molar-refractivity contribution in [1.82, 2.24) is 5.32 Å². The van der Waals surface area contributed by atoms with Crippen molar-refractivity contribution in [3.8, 4) is 11.5 Å². The molecule has 0 bridgehead atoms. The summed E-state index contributed by atoms with van der Waals surface area (Å²) in [4.78, 5) is 12.3. The van der Waals surface area contributed by atoms with E-state index in [1.54, 1.807) is 18.9 Å². The van der Waals surface area contributed by atoms with Gasteiger partial charge in [-0.15, -0.1) is 0 Å². The van der Waals surface area contributed by atoms with Crippen LogP contribution in [0.4, 0.5) is 0 Å². The van der Waals surface area contributed by atoms with Gasteiger partial charge >= 0.3 is 0 Å². The molecule has 4 nitrogen and oxygen atoms in total. The van der Waals surface area contributed by atoms with Crippen LogP contribution in [-0.4, -0.2) is 31.4 Å². The van der Waals surface area contributed by atoms with Gasteiger partial charge in [-0.3, -0.25) is 4.79 Å². The van der Waals surface area contributed by atoms with Crippen molar-refractivity contribution in [2.75, 3.05) is 19.4 Å². The van der Waals surface area contributed by atoms with E-state index in [0.717, 1.165) is 17.3 Å². The third kappa shape index (κ3) is 6.70. The molecule has 0 aromatic heterocycles. The largest absolute Gasteiger partial charge is 0.497 e. The zero-order chi connectivity index (χ0) is 17.9. The van der Waals surface area contributed by atoms with Crippen LogP contribution < -0.4 is 14.8 Å². The van der Waals surface area contributed by atoms with Crippen LogP contribution in [0.15, 0.2) is 54.6 Å². The van der Waals surface area contributed by atoms with Crippen LogP contribution in [0.25, 0.3) is 0 Å². The van der Waals surface area contributed by atoms with Crippen molar-refractivity contribution in [2.45, 2.75) is 25.2 Å². The van der Waals surface area contributed by atoms with E-state index in [2.05, 4.69) is 17.4 Å². The van der Waals surface area contributed by atoms with Crippen molar-refractivity contribution < 1.29 is 14.3 Å². The van der Waals surface area contributed by atoms with Crippen LogP contribution in [0.2, 0.25) is 0 Å². The highest BCUT2D eigenvalue weighted by Crippen LogP contribution is 2.19. The number of hydrogen-bond donors (Lipinski definition) is 1. The smallest absolute Gasteiger partial charge is 0.261 e. The molecule has 0 fully saturated rings. The molecule has 0 aliphatic heterocycles. The highest BCUT2D eigenvalue weighted by molar-refractivity contribution is 7.98.